The molecule has 0 radical (unpaired) electrons. The van der Waals surface area contributed by atoms with Crippen molar-refractivity contribution < 1.29 is 24.1 Å². The van der Waals surface area contributed by atoms with Crippen molar-refractivity contribution in [2.75, 3.05) is 33.9 Å². The molecule has 3 rings (SSSR count). The minimum Gasteiger partial charge on any atom is -0.477 e. The molecular formula is C16H23N3O5. The Morgan fingerprint density at radius 1 is 1.33 bits per heavy atom. The van der Waals surface area contributed by atoms with E-state index in [1.807, 2.05) is 0 Å². The van der Waals surface area contributed by atoms with Crippen molar-refractivity contribution in [1.82, 2.24) is 14.9 Å². The molecule has 1 N–H and O–H groups in total. The van der Waals surface area contributed by atoms with E-state index in [-0.39, 0.29) is 23.4 Å². The number of likely N-dealkylation sites (tertiary alicyclic amines) is 1. The molecular weight excluding hydrogens is 314 g/mol. The molecule has 0 bridgehead atoms. The predicted octanol–water partition coefficient (Wildman–Crippen LogP) is 0.640. The van der Waals surface area contributed by atoms with Crippen LogP contribution in [0, 0.1) is 0 Å². The van der Waals surface area contributed by atoms with Gasteiger partial charge in [-0.3, -0.25) is 4.79 Å². The Kier molecular flexibility index (Phi) is 4.86. The number of rotatable bonds is 3. The molecule has 132 valence electrons. The quantitative estimate of drug-likeness (QED) is 0.865. The highest BCUT2D eigenvalue weighted by Gasteiger charge is 2.44. The van der Waals surface area contributed by atoms with Crippen LogP contribution in [-0.2, 0) is 4.74 Å². The summed E-state index contributed by atoms with van der Waals surface area (Å²) in [4.78, 5) is 22.6. The number of methoxy groups -OCH3 is 2. The van der Waals surface area contributed by atoms with Gasteiger partial charge < -0.3 is 24.2 Å². The van der Waals surface area contributed by atoms with Crippen LogP contribution in [0.1, 0.15) is 36.2 Å². The van der Waals surface area contributed by atoms with Crippen LogP contribution in [0.25, 0.3) is 0 Å². The Morgan fingerprint density at radius 2 is 2.04 bits per heavy atom. The third-order valence-corrected chi connectivity index (χ3v) is 4.83. The second kappa shape index (κ2) is 6.90. The summed E-state index contributed by atoms with van der Waals surface area (Å²) >= 11 is 0. The molecule has 1 spiro atoms. The first-order valence-corrected chi connectivity index (χ1v) is 8.16. The summed E-state index contributed by atoms with van der Waals surface area (Å²) in [5.41, 5.74) is -0.285. The summed E-state index contributed by atoms with van der Waals surface area (Å²) < 4.78 is 16.0. The van der Waals surface area contributed by atoms with Gasteiger partial charge in [-0.15, -0.1) is 0 Å². The average molecular weight is 337 g/mol. The van der Waals surface area contributed by atoms with Crippen molar-refractivity contribution in [3.8, 4) is 11.8 Å². The third-order valence-electron chi connectivity index (χ3n) is 4.83. The highest BCUT2D eigenvalue weighted by atomic mass is 16.5. The van der Waals surface area contributed by atoms with E-state index in [1.54, 1.807) is 4.90 Å². The second-order valence-electron chi connectivity index (χ2n) is 6.14. The number of hydrogen-bond donors (Lipinski definition) is 1. The Labute approximate surface area is 140 Å². The number of amides is 1. The van der Waals surface area contributed by atoms with E-state index >= 15 is 0 Å². The molecule has 8 nitrogen and oxygen atoms in total. The van der Waals surface area contributed by atoms with Gasteiger partial charge in [-0.2, -0.15) is 0 Å². The lowest BCUT2D eigenvalue weighted by Gasteiger charge is -2.46. The summed E-state index contributed by atoms with van der Waals surface area (Å²) in [5, 5.41) is 10.3. The Morgan fingerprint density at radius 3 is 2.67 bits per heavy atom. The SMILES string of the molecule is COc1ncc(C(=O)N2CCC3(CC2)OCCC[C@H]3O)nc1OC. The van der Waals surface area contributed by atoms with Crippen LogP contribution < -0.4 is 9.47 Å². The standard InChI is InChI=1S/C16H23N3O5/c1-22-13-14(23-2)18-11(10-17-13)15(21)19-7-5-16(6-8-19)12(20)4-3-9-24-16/h10,12,20H,3-9H2,1-2H3/t12-/m1/s1. The molecule has 2 fully saturated rings. The van der Waals surface area contributed by atoms with E-state index in [2.05, 4.69) is 9.97 Å². The van der Waals surface area contributed by atoms with Gasteiger partial charge in [0.05, 0.1) is 32.1 Å². The minimum absolute atomic E-state index is 0.183. The van der Waals surface area contributed by atoms with Crippen LogP contribution in [0.3, 0.4) is 0 Å². The summed E-state index contributed by atoms with van der Waals surface area (Å²) in [6.07, 6.45) is 3.83. The Balaban J connectivity index is 1.69. The highest BCUT2D eigenvalue weighted by molar-refractivity contribution is 5.92. The zero-order valence-corrected chi connectivity index (χ0v) is 14.0. The maximum Gasteiger partial charge on any atom is 0.278 e. The molecule has 0 unspecified atom stereocenters. The lowest BCUT2D eigenvalue weighted by atomic mass is 9.82. The van der Waals surface area contributed by atoms with Gasteiger partial charge in [-0.1, -0.05) is 0 Å². The number of aliphatic hydroxyl groups excluding tert-OH is 1. The number of carbonyl (C=O) groups is 1. The van der Waals surface area contributed by atoms with Crippen molar-refractivity contribution in [2.24, 2.45) is 0 Å². The number of piperidine rings is 1. The van der Waals surface area contributed by atoms with Crippen LogP contribution in [0.4, 0.5) is 0 Å². The second-order valence-corrected chi connectivity index (χ2v) is 6.14. The number of carbonyl (C=O) groups excluding carboxylic acids is 1. The van der Waals surface area contributed by atoms with Crippen LogP contribution in [0.2, 0.25) is 0 Å². The van der Waals surface area contributed by atoms with Crippen molar-refractivity contribution in [3.05, 3.63) is 11.9 Å². The number of hydrogen-bond acceptors (Lipinski definition) is 7. The summed E-state index contributed by atoms with van der Waals surface area (Å²) in [7, 11) is 2.92. The normalized spacial score (nSPS) is 23.1. The van der Waals surface area contributed by atoms with Gasteiger partial charge >= 0.3 is 0 Å². The Bertz CT molecular complexity index is 601. The van der Waals surface area contributed by atoms with E-state index in [0.717, 1.165) is 12.8 Å². The summed E-state index contributed by atoms with van der Waals surface area (Å²) in [5.74, 6) is 0.219. The molecule has 1 aromatic rings. The number of aromatic nitrogens is 2. The van der Waals surface area contributed by atoms with E-state index in [0.29, 0.717) is 32.5 Å². The molecule has 8 heteroatoms. The van der Waals surface area contributed by atoms with E-state index in [9.17, 15) is 9.90 Å². The van der Waals surface area contributed by atoms with Gasteiger partial charge in [0.1, 0.15) is 0 Å². The van der Waals surface area contributed by atoms with Crippen molar-refractivity contribution >= 4 is 5.91 Å². The molecule has 2 saturated heterocycles. The topological polar surface area (TPSA) is 94.0 Å². The smallest absolute Gasteiger partial charge is 0.278 e. The first-order valence-electron chi connectivity index (χ1n) is 8.16. The highest BCUT2D eigenvalue weighted by Crippen LogP contribution is 2.35. The van der Waals surface area contributed by atoms with Crippen molar-refractivity contribution in [1.29, 1.82) is 0 Å². The van der Waals surface area contributed by atoms with Crippen LogP contribution in [-0.4, -0.2) is 71.5 Å². The summed E-state index contributed by atoms with van der Waals surface area (Å²) in [6, 6.07) is 0. The first kappa shape index (κ1) is 16.9. The van der Waals surface area contributed by atoms with Gasteiger partial charge in [0.2, 0.25) is 0 Å². The molecule has 2 aliphatic rings. The van der Waals surface area contributed by atoms with Crippen LogP contribution in [0.15, 0.2) is 6.20 Å². The average Bonchev–Trinajstić information content (AvgIpc) is 2.63. The largest absolute Gasteiger partial charge is 0.477 e. The molecule has 0 aromatic carbocycles. The molecule has 1 aromatic heterocycles. The minimum atomic E-state index is -0.502. The van der Waals surface area contributed by atoms with E-state index < -0.39 is 11.7 Å². The number of nitrogens with zero attached hydrogens (tertiary/aromatic N) is 3. The number of ether oxygens (including phenoxy) is 3. The molecule has 3 heterocycles. The van der Waals surface area contributed by atoms with Crippen molar-refractivity contribution in [3.63, 3.8) is 0 Å². The fourth-order valence-corrected chi connectivity index (χ4v) is 3.38. The van der Waals surface area contributed by atoms with Crippen molar-refractivity contribution in [2.45, 2.75) is 37.4 Å². The van der Waals surface area contributed by atoms with E-state index in [1.165, 1.54) is 20.4 Å². The van der Waals surface area contributed by atoms with Gasteiger partial charge in [0.25, 0.3) is 17.7 Å². The molecule has 1 amide bonds. The zero-order chi connectivity index (χ0) is 17.2. The molecule has 0 saturated carbocycles. The first-order chi connectivity index (χ1) is 11.6. The fourth-order valence-electron chi connectivity index (χ4n) is 3.38. The van der Waals surface area contributed by atoms with Gasteiger partial charge in [-0.05, 0) is 25.7 Å². The van der Waals surface area contributed by atoms with Gasteiger partial charge in [-0.25, -0.2) is 9.97 Å². The molecule has 0 aliphatic carbocycles. The molecule has 1 atom stereocenters. The molecule has 24 heavy (non-hydrogen) atoms. The van der Waals surface area contributed by atoms with Crippen LogP contribution >= 0.6 is 0 Å². The summed E-state index contributed by atoms with van der Waals surface area (Å²) in [6.45, 7) is 1.71. The van der Waals surface area contributed by atoms with Gasteiger partial charge in [0.15, 0.2) is 5.69 Å². The Hall–Kier alpha value is -1.93. The predicted molar refractivity (Wildman–Crippen MR) is 84.2 cm³/mol. The molecule has 2 aliphatic heterocycles. The fraction of sp³-hybridized carbons (Fsp3) is 0.688. The van der Waals surface area contributed by atoms with E-state index in [4.69, 9.17) is 14.2 Å². The number of aliphatic hydroxyl groups is 1. The maximum atomic E-state index is 12.6. The third kappa shape index (κ3) is 3.03. The zero-order valence-electron chi connectivity index (χ0n) is 14.0. The monoisotopic (exact) mass is 337 g/mol. The van der Waals surface area contributed by atoms with Gasteiger partial charge in [0, 0.05) is 19.7 Å². The lowest BCUT2D eigenvalue weighted by molar-refractivity contribution is -0.174. The maximum absolute atomic E-state index is 12.6. The lowest BCUT2D eigenvalue weighted by Crippen LogP contribution is -2.56. The van der Waals surface area contributed by atoms with Crippen LogP contribution in [0.5, 0.6) is 11.8 Å².